The molecular formula is C19H31ClN2O5. The standard InChI is InChI=1S/C19H31ClN2O5/c20-14-18(25)21-11-8-6-4-2-1-3-5-7-9-15(23)13-17(24)22-16-10-12-27-19(16)26/h16H,1-14H2,(H,21,25)(H,22,24)/t16-/m0/s1. The van der Waals surface area contributed by atoms with Crippen LogP contribution >= 0.6 is 11.6 Å². The van der Waals surface area contributed by atoms with Crippen LogP contribution in [0.2, 0.25) is 0 Å². The Hall–Kier alpha value is -1.63. The number of carbonyl (C=O) groups is 4. The number of ketones is 1. The normalized spacial score (nSPS) is 16.0. The van der Waals surface area contributed by atoms with E-state index in [2.05, 4.69) is 10.6 Å². The number of amides is 2. The maximum absolute atomic E-state index is 11.8. The zero-order valence-corrected chi connectivity index (χ0v) is 16.7. The SMILES string of the molecule is O=C(CCCCCCCCCCNC(=O)CCl)CC(=O)N[C@H]1CCOC1=O. The van der Waals surface area contributed by atoms with Crippen LogP contribution in [-0.2, 0) is 23.9 Å². The van der Waals surface area contributed by atoms with Crippen LogP contribution in [0.25, 0.3) is 0 Å². The van der Waals surface area contributed by atoms with Crippen molar-refractivity contribution in [2.24, 2.45) is 0 Å². The Bertz CT molecular complexity index is 498. The van der Waals surface area contributed by atoms with Crippen molar-refractivity contribution < 1.29 is 23.9 Å². The predicted octanol–water partition coefficient (Wildman–Crippen LogP) is 2.24. The summed E-state index contributed by atoms with van der Waals surface area (Å²) in [5, 5.41) is 5.29. The van der Waals surface area contributed by atoms with Crippen molar-refractivity contribution in [2.75, 3.05) is 19.0 Å². The molecule has 1 heterocycles. The second-order valence-electron chi connectivity index (χ2n) is 6.85. The number of Topliss-reactive ketones (excluding diaryl/α,β-unsaturated/α-hetero) is 1. The van der Waals surface area contributed by atoms with Crippen molar-refractivity contribution in [3.8, 4) is 0 Å². The van der Waals surface area contributed by atoms with Gasteiger partial charge >= 0.3 is 5.97 Å². The summed E-state index contributed by atoms with van der Waals surface area (Å²) < 4.78 is 4.76. The van der Waals surface area contributed by atoms with Crippen molar-refractivity contribution in [2.45, 2.75) is 76.7 Å². The van der Waals surface area contributed by atoms with E-state index >= 15 is 0 Å². The van der Waals surface area contributed by atoms with Crippen molar-refractivity contribution in [1.82, 2.24) is 10.6 Å². The third-order valence-electron chi connectivity index (χ3n) is 4.45. The van der Waals surface area contributed by atoms with E-state index in [0.29, 0.717) is 26.0 Å². The van der Waals surface area contributed by atoms with Gasteiger partial charge < -0.3 is 15.4 Å². The average Bonchev–Trinajstić information content (AvgIpc) is 3.03. The Balaban J connectivity index is 1.88. The van der Waals surface area contributed by atoms with E-state index < -0.39 is 17.9 Å². The number of rotatable bonds is 15. The maximum Gasteiger partial charge on any atom is 0.328 e. The first-order valence-corrected chi connectivity index (χ1v) is 10.4. The number of hydrogen-bond donors (Lipinski definition) is 2. The van der Waals surface area contributed by atoms with Gasteiger partial charge in [-0.2, -0.15) is 0 Å². The van der Waals surface area contributed by atoms with Crippen LogP contribution in [-0.4, -0.2) is 48.6 Å². The molecule has 7 nitrogen and oxygen atoms in total. The highest BCUT2D eigenvalue weighted by molar-refractivity contribution is 6.27. The van der Waals surface area contributed by atoms with Crippen LogP contribution in [0.5, 0.6) is 0 Å². The van der Waals surface area contributed by atoms with Crippen molar-refractivity contribution >= 4 is 35.2 Å². The molecule has 1 rings (SSSR count). The lowest BCUT2D eigenvalue weighted by molar-refractivity contribution is -0.142. The van der Waals surface area contributed by atoms with Gasteiger partial charge in [-0.25, -0.2) is 4.79 Å². The van der Waals surface area contributed by atoms with Gasteiger partial charge in [-0.1, -0.05) is 38.5 Å². The first-order chi connectivity index (χ1) is 13.0. The van der Waals surface area contributed by atoms with Crippen molar-refractivity contribution in [3.05, 3.63) is 0 Å². The number of ether oxygens (including phenoxy) is 1. The number of alkyl halides is 1. The van der Waals surface area contributed by atoms with E-state index in [1.807, 2.05) is 0 Å². The Labute approximate surface area is 165 Å². The molecule has 0 aromatic rings. The molecule has 0 radical (unpaired) electrons. The molecule has 0 unspecified atom stereocenters. The number of halogens is 1. The molecule has 0 spiro atoms. The molecule has 27 heavy (non-hydrogen) atoms. The molecule has 8 heteroatoms. The monoisotopic (exact) mass is 402 g/mol. The maximum atomic E-state index is 11.8. The molecule has 2 amide bonds. The summed E-state index contributed by atoms with van der Waals surface area (Å²) in [5.74, 6) is -1.01. The topological polar surface area (TPSA) is 102 Å². The second-order valence-corrected chi connectivity index (χ2v) is 7.12. The summed E-state index contributed by atoms with van der Waals surface area (Å²) in [6.45, 7) is 1.01. The fourth-order valence-corrected chi connectivity index (χ4v) is 3.02. The second kappa shape index (κ2) is 14.4. The Kier molecular flexibility index (Phi) is 12.5. The largest absolute Gasteiger partial charge is 0.464 e. The summed E-state index contributed by atoms with van der Waals surface area (Å²) in [7, 11) is 0. The highest BCUT2D eigenvalue weighted by Gasteiger charge is 2.28. The molecule has 0 aromatic carbocycles. The summed E-state index contributed by atoms with van der Waals surface area (Å²) >= 11 is 5.39. The average molecular weight is 403 g/mol. The fourth-order valence-electron chi connectivity index (χ4n) is 2.92. The number of esters is 1. The molecule has 1 atom stereocenters. The smallest absolute Gasteiger partial charge is 0.328 e. The van der Waals surface area contributed by atoms with Gasteiger partial charge in [0.05, 0.1) is 13.0 Å². The summed E-state index contributed by atoms with van der Waals surface area (Å²) in [6.07, 6.45) is 9.05. The van der Waals surface area contributed by atoms with Gasteiger partial charge in [-0.3, -0.25) is 14.4 Å². The van der Waals surface area contributed by atoms with Gasteiger partial charge in [0.2, 0.25) is 11.8 Å². The van der Waals surface area contributed by atoms with Gasteiger partial charge in [0.25, 0.3) is 0 Å². The minimum absolute atomic E-state index is 0.0162. The van der Waals surface area contributed by atoms with Gasteiger partial charge in [0, 0.05) is 19.4 Å². The molecule has 154 valence electrons. The lowest BCUT2D eigenvalue weighted by Gasteiger charge is -2.08. The fraction of sp³-hybridized carbons (Fsp3) is 0.789. The van der Waals surface area contributed by atoms with Crippen LogP contribution in [0.3, 0.4) is 0 Å². The molecule has 2 N–H and O–H groups in total. The quantitative estimate of drug-likeness (QED) is 0.189. The van der Waals surface area contributed by atoms with Crippen LogP contribution in [0, 0.1) is 0 Å². The molecular weight excluding hydrogens is 372 g/mol. The molecule has 0 aliphatic carbocycles. The molecule has 0 aromatic heterocycles. The van der Waals surface area contributed by atoms with E-state index in [4.69, 9.17) is 16.3 Å². The molecule has 1 saturated heterocycles. The van der Waals surface area contributed by atoms with Crippen molar-refractivity contribution in [1.29, 1.82) is 0 Å². The van der Waals surface area contributed by atoms with Crippen LogP contribution in [0.1, 0.15) is 70.6 Å². The van der Waals surface area contributed by atoms with Gasteiger partial charge in [-0.05, 0) is 12.8 Å². The van der Waals surface area contributed by atoms with E-state index in [-0.39, 0.29) is 24.0 Å². The van der Waals surface area contributed by atoms with Gasteiger partial charge in [0.15, 0.2) is 0 Å². The Morgan fingerprint density at radius 3 is 2.19 bits per heavy atom. The number of nitrogens with one attached hydrogen (secondary N) is 2. The molecule has 1 aliphatic heterocycles. The van der Waals surface area contributed by atoms with E-state index in [0.717, 1.165) is 51.4 Å². The van der Waals surface area contributed by atoms with Gasteiger partial charge in [-0.15, -0.1) is 11.6 Å². The zero-order chi connectivity index (χ0) is 19.9. The Morgan fingerprint density at radius 1 is 0.963 bits per heavy atom. The molecule has 1 fully saturated rings. The van der Waals surface area contributed by atoms with Crippen molar-refractivity contribution in [3.63, 3.8) is 0 Å². The number of unbranched alkanes of at least 4 members (excludes halogenated alkanes) is 7. The minimum Gasteiger partial charge on any atom is -0.464 e. The van der Waals surface area contributed by atoms with Crippen LogP contribution < -0.4 is 10.6 Å². The van der Waals surface area contributed by atoms with E-state index in [1.54, 1.807) is 0 Å². The summed E-state index contributed by atoms with van der Waals surface area (Å²) in [6, 6.07) is -0.595. The first-order valence-electron chi connectivity index (χ1n) is 9.83. The lowest BCUT2D eigenvalue weighted by Crippen LogP contribution is -2.38. The van der Waals surface area contributed by atoms with Gasteiger partial charge in [0.1, 0.15) is 17.7 Å². The minimum atomic E-state index is -0.595. The molecule has 0 saturated carbocycles. The summed E-state index contributed by atoms with van der Waals surface area (Å²) in [5.41, 5.74) is 0. The third-order valence-corrected chi connectivity index (χ3v) is 4.70. The van der Waals surface area contributed by atoms with Crippen LogP contribution in [0.15, 0.2) is 0 Å². The highest BCUT2D eigenvalue weighted by Crippen LogP contribution is 2.11. The first kappa shape index (κ1) is 23.4. The van der Waals surface area contributed by atoms with E-state index in [9.17, 15) is 19.2 Å². The number of cyclic esters (lactones) is 1. The van der Waals surface area contributed by atoms with Crippen LogP contribution in [0.4, 0.5) is 0 Å². The summed E-state index contributed by atoms with van der Waals surface area (Å²) in [4.78, 5) is 45.7. The number of carbonyl (C=O) groups excluding carboxylic acids is 4. The lowest BCUT2D eigenvalue weighted by atomic mass is 10.0. The number of hydrogen-bond acceptors (Lipinski definition) is 5. The predicted molar refractivity (Wildman–Crippen MR) is 102 cm³/mol. The zero-order valence-electron chi connectivity index (χ0n) is 15.9. The Morgan fingerprint density at radius 2 is 1.59 bits per heavy atom. The highest BCUT2D eigenvalue weighted by atomic mass is 35.5. The molecule has 1 aliphatic rings. The third kappa shape index (κ3) is 11.6. The van der Waals surface area contributed by atoms with E-state index in [1.165, 1.54) is 0 Å². The molecule has 0 bridgehead atoms.